The molecule has 0 fully saturated rings. The van der Waals surface area contributed by atoms with Crippen molar-refractivity contribution in [2.24, 2.45) is 0 Å². The number of hydrogen-bond donors (Lipinski definition) is 0. The van der Waals surface area contributed by atoms with Gasteiger partial charge in [-0.05, 0) is 48.7 Å². The highest BCUT2D eigenvalue weighted by molar-refractivity contribution is 5.55. The van der Waals surface area contributed by atoms with Gasteiger partial charge in [-0.3, -0.25) is 0 Å². The molecule has 34 heavy (non-hydrogen) atoms. The number of pyridine rings is 1. The number of aryl methyl sites for hydroxylation is 2. The fourth-order valence-corrected chi connectivity index (χ4v) is 4.23. The number of ether oxygens (including phenoxy) is 1. The molecule has 0 spiro atoms. The van der Waals surface area contributed by atoms with Gasteiger partial charge in [-0.25, -0.2) is 19.0 Å². The Balaban J connectivity index is 1.56. The number of hydrogen-bond acceptors (Lipinski definition) is 4. The third-order valence-corrected chi connectivity index (χ3v) is 5.74. The second-order valence-corrected chi connectivity index (χ2v) is 8.02. The second kappa shape index (κ2) is 8.13. The van der Waals surface area contributed by atoms with E-state index >= 15 is 0 Å². The van der Waals surface area contributed by atoms with Crippen LogP contribution in [0, 0.1) is 19.1 Å². The summed E-state index contributed by atoms with van der Waals surface area (Å²) in [6.45, 7) is 2.33. The van der Waals surface area contributed by atoms with Gasteiger partial charge in [-0.2, -0.15) is 18.2 Å². The fourth-order valence-electron chi connectivity index (χ4n) is 4.23. The molecule has 3 aromatic heterocycles. The average Bonchev–Trinajstić information content (AvgIpc) is 3.43. The predicted molar refractivity (Wildman–Crippen MR) is 111 cm³/mol. The Morgan fingerprint density at radius 2 is 2.00 bits per heavy atom. The molecule has 7 nitrogen and oxygen atoms in total. The van der Waals surface area contributed by atoms with Crippen LogP contribution in [0.4, 0.5) is 17.6 Å². The molecule has 0 aliphatic carbocycles. The summed E-state index contributed by atoms with van der Waals surface area (Å²) >= 11 is 0. The first kappa shape index (κ1) is 21.9. The Kier molecular flexibility index (Phi) is 5.23. The van der Waals surface area contributed by atoms with E-state index in [1.54, 1.807) is 27.6 Å². The van der Waals surface area contributed by atoms with E-state index in [0.29, 0.717) is 42.5 Å². The van der Waals surface area contributed by atoms with Crippen LogP contribution in [-0.4, -0.2) is 31.4 Å². The maximum atomic E-state index is 14.0. The van der Waals surface area contributed by atoms with Crippen molar-refractivity contribution in [3.63, 3.8) is 0 Å². The van der Waals surface area contributed by atoms with Crippen LogP contribution >= 0.6 is 0 Å². The van der Waals surface area contributed by atoms with E-state index < -0.39 is 23.5 Å². The molecule has 174 valence electrons. The van der Waals surface area contributed by atoms with Crippen molar-refractivity contribution >= 4 is 0 Å². The third kappa shape index (κ3) is 3.85. The molecule has 4 aromatic rings. The van der Waals surface area contributed by atoms with Gasteiger partial charge in [0.05, 0.1) is 12.7 Å². The van der Waals surface area contributed by atoms with Gasteiger partial charge in [0.15, 0.2) is 12.0 Å². The highest BCUT2D eigenvalue weighted by Gasteiger charge is 2.38. The van der Waals surface area contributed by atoms with E-state index in [1.807, 2.05) is 6.92 Å². The first-order valence-electron chi connectivity index (χ1n) is 10.6. The van der Waals surface area contributed by atoms with Gasteiger partial charge < -0.3 is 4.74 Å². The molecule has 0 radical (unpaired) electrons. The first-order chi connectivity index (χ1) is 16.2. The van der Waals surface area contributed by atoms with Gasteiger partial charge in [-0.1, -0.05) is 0 Å². The van der Waals surface area contributed by atoms with Gasteiger partial charge in [0, 0.05) is 19.4 Å². The van der Waals surface area contributed by atoms with Crippen molar-refractivity contribution in [3.05, 3.63) is 71.3 Å². The molecule has 4 heterocycles. The molecule has 1 aromatic carbocycles. The van der Waals surface area contributed by atoms with E-state index in [1.165, 1.54) is 7.11 Å². The van der Waals surface area contributed by atoms with Crippen LogP contribution in [0.25, 0.3) is 17.2 Å². The SMILES string of the molecule is COc1nc(-c2nc3n(n2)CCC[C@H]3c2cc(F)ccc2C(F)(F)F)ccc1-n1c#[n+]c(C)c1. The van der Waals surface area contributed by atoms with Crippen molar-refractivity contribution in [2.75, 3.05) is 7.11 Å². The van der Waals surface area contributed by atoms with Crippen molar-refractivity contribution in [1.82, 2.24) is 24.3 Å². The van der Waals surface area contributed by atoms with Crippen LogP contribution in [-0.2, 0) is 12.7 Å². The summed E-state index contributed by atoms with van der Waals surface area (Å²) in [5.74, 6) is -0.580. The summed E-state index contributed by atoms with van der Waals surface area (Å²) < 4.78 is 63.5. The quantitative estimate of drug-likeness (QED) is 0.422. The number of benzene rings is 1. The lowest BCUT2D eigenvalue weighted by atomic mass is 9.87. The molecule has 0 bridgehead atoms. The van der Waals surface area contributed by atoms with Crippen LogP contribution in [0.15, 0.2) is 36.5 Å². The molecule has 0 unspecified atom stereocenters. The number of halogens is 4. The van der Waals surface area contributed by atoms with Crippen LogP contribution in [0.5, 0.6) is 5.88 Å². The molecule has 0 N–H and O–H groups in total. The molecule has 1 aliphatic heterocycles. The van der Waals surface area contributed by atoms with Crippen molar-refractivity contribution in [3.8, 4) is 23.1 Å². The number of alkyl halides is 3. The fraction of sp³-hybridized carbons (Fsp3) is 0.304. The van der Waals surface area contributed by atoms with E-state index in [2.05, 4.69) is 26.4 Å². The van der Waals surface area contributed by atoms with Gasteiger partial charge in [0.1, 0.15) is 17.3 Å². The van der Waals surface area contributed by atoms with E-state index in [4.69, 9.17) is 4.74 Å². The van der Waals surface area contributed by atoms with Crippen LogP contribution in [0.3, 0.4) is 0 Å². The zero-order valence-electron chi connectivity index (χ0n) is 18.3. The Bertz CT molecular complexity index is 1360. The lowest BCUT2D eigenvalue weighted by Gasteiger charge is -2.25. The van der Waals surface area contributed by atoms with Crippen LogP contribution < -0.4 is 9.72 Å². The third-order valence-electron chi connectivity index (χ3n) is 5.74. The number of methoxy groups -OCH3 is 1. The Hall–Kier alpha value is -3.94. The minimum atomic E-state index is -4.61. The Morgan fingerprint density at radius 1 is 1.18 bits per heavy atom. The standard InChI is InChI=1S/C23H19F4N6O/c1-13-11-32(12-28-13)19-8-7-18(29-22(19)34-2)20-30-21-15(4-3-9-33(21)31-20)16-10-14(24)5-6-17(16)23(25,26)27/h5-8,10-11,15H,3-4,9H2,1-2H3/q+1/t15-/m0/s1. The van der Waals surface area contributed by atoms with Crippen molar-refractivity contribution in [1.29, 1.82) is 0 Å². The molecule has 1 aliphatic rings. The maximum absolute atomic E-state index is 14.0. The Labute approximate surface area is 192 Å². The van der Waals surface area contributed by atoms with Crippen molar-refractivity contribution in [2.45, 2.75) is 38.4 Å². The Morgan fingerprint density at radius 3 is 2.71 bits per heavy atom. The highest BCUT2D eigenvalue weighted by atomic mass is 19.4. The summed E-state index contributed by atoms with van der Waals surface area (Å²) in [4.78, 5) is 13.1. The number of fused-ring (bicyclic) bond motifs is 1. The van der Waals surface area contributed by atoms with Gasteiger partial charge >= 0.3 is 12.5 Å². The van der Waals surface area contributed by atoms with E-state index in [0.717, 1.165) is 23.9 Å². The molecule has 0 saturated carbocycles. The number of rotatable bonds is 4. The summed E-state index contributed by atoms with van der Waals surface area (Å²) in [6.07, 6.45) is 0.975. The highest BCUT2D eigenvalue weighted by Crippen LogP contribution is 2.41. The molecular formula is C23H19F4N6O+. The molecule has 1 atom stereocenters. The predicted octanol–water partition coefficient (Wildman–Crippen LogP) is 3.93. The summed E-state index contributed by atoms with van der Waals surface area (Å²) in [7, 11) is 1.48. The average molecular weight is 471 g/mol. The number of nitrogens with zero attached hydrogens (tertiary/aromatic N) is 6. The molecule has 0 amide bonds. The first-order valence-corrected chi connectivity index (χ1v) is 10.6. The van der Waals surface area contributed by atoms with Gasteiger partial charge in [-0.15, -0.1) is 9.67 Å². The monoisotopic (exact) mass is 471 g/mol. The molecular weight excluding hydrogens is 452 g/mol. The van der Waals surface area contributed by atoms with E-state index in [9.17, 15) is 17.6 Å². The number of aromatic nitrogens is 6. The summed E-state index contributed by atoms with van der Waals surface area (Å²) in [5, 5.41) is 4.48. The maximum Gasteiger partial charge on any atom is 0.416 e. The topological polar surface area (TPSA) is 71.9 Å². The minimum Gasteiger partial charge on any atom is -0.478 e. The van der Waals surface area contributed by atoms with Crippen molar-refractivity contribution < 1.29 is 27.3 Å². The van der Waals surface area contributed by atoms with E-state index in [-0.39, 0.29) is 11.4 Å². The summed E-state index contributed by atoms with van der Waals surface area (Å²) in [6, 6.07) is 5.99. The molecule has 5 rings (SSSR count). The lowest BCUT2D eigenvalue weighted by Crippen LogP contribution is -2.21. The van der Waals surface area contributed by atoms with Crippen LogP contribution in [0.1, 0.15) is 41.4 Å². The second-order valence-electron chi connectivity index (χ2n) is 8.02. The molecule has 11 heteroatoms. The summed E-state index contributed by atoms with van der Waals surface area (Å²) in [5.41, 5.74) is 0.778. The van der Waals surface area contributed by atoms with Crippen LogP contribution in [0.2, 0.25) is 0 Å². The largest absolute Gasteiger partial charge is 0.478 e. The van der Waals surface area contributed by atoms with Gasteiger partial charge in [0.2, 0.25) is 5.69 Å². The normalized spacial score (nSPS) is 15.6. The smallest absolute Gasteiger partial charge is 0.416 e. The lowest BCUT2D eigenvalue weighted by molar-refractivity contribution is -0.302. The molecule has 0 saturated heterocycles. The zero-order chi connectivity index (χ0) is 24.0. The zero-order valence-corrected chi connectivity index (χ0v) is 18.3. The van der Waals surface area contributed by atoms with Gasteiger partial charge in [0.25, 0.3) is 11.6 Å². The minimum absolute atomic E-state index is 0.140.